The molecule has 0 bridgehead atoms. The molecule has 1 N–H and O–H groups in total. The van der Waals surface area contributed by atoms with Crippen molar-refractivity contribution in [1.82, 2.24) is 10.2 Å². The van der Waals surface area contributed by atoms with Gasteiger partial charge in [0, 0.05) is 26.2 Å². The maximum atomic E-state index is 11.4. The minimum absolute atomic E-state index is 0.0597. The predicted molar refractivity (Wildman–Crippen MR) is 67.9 cm³/mol. The van der Waals surface area contributed by atoms with Crippen molar-refractivity contribution in [2.75, 3.05) is 26.7 Å². The van der Waals surface area contributed by atoms with Crippen LogP contribution in [0.3, 0.4) is 0 Å². The highest BCUT2D eigenvalue weighted by molar-refractivity contribution is 5.87. The molecule has 0 heterocycles. The second-order valence-electron chi connectivity index (χ2n) is 4.99. The molecule has 0 aliphatic heterocycles. The Morgan fingerprint density at radius 1 is 1.50 bits per heavy atom. The van der Waals surface area contributed by atoms with E-state index in [4.69, 9.17) is 6.42 Å². The molecule has 3 heteroatoms. The lowest BCUT2D eigenvalue weighted by Crippen LogP contribution is -2.28. The predicted octanol–water partition coefficient (Wildman–Crippen LogP) is 1.27. The van der Waals surface area contributed by atoms with Crippen LogP contribution in [-0.2, 0) is 4.79 Å². The highest BCUT2D eigenvalue weighted by Gasteiger charge is 2.07. The summed E-state index contributed by atoms with van der Waals surface area (Å²) in [4.78, 5) is 12.9. The summed E-state index contributed by atoms with van der Waals surface area (Å²) in [6, 6.07) is 0. The van der Waals surface area contributed by atoms with Gasteiger partial charge in [0.25, 0.3) is 0 Å². The van der Waals surface area contributed by atoms with Gasteiger partial charge in [-0.15, -0.1) is 6.42 Å². The van der Waals surface area contributed by atoms with Crippen LogP contribution in [0.25, 0.3) is 0 Å². The lowest BCUT2D eigenvalue weighted by molar-refractivity contribution is -0.124. The number of nitrogens with one attached hydrogen (secondary N) is 1. The van der Waals surface area contributed by atoms with Crippen molar-refractivity contribution in [3.63, 3.8) is 0 Å². The van der Waals surface area contributed by atoms with Crippen LogP contribution >= 0.6 is 0 Å². The Balaban J connectivity index is 3.77. The first-order valence-corrected chi connectivity index (χ1v) is 5.42. The maximum absolute atomic E-state index is 11.4. The number of nitrogens with zero attached hydrogens (tertiary/aromatic N) is 1. The molecule has 0 rings (SSSR count). The first kappa shape index (κ1) is 14.7. The maximum Gasteiger partial charge on any atom is 0.246 e. The van der Waals surface area contributed by atoms with Crippen LogP contribution in [0.4, 0.5) is 0 Å². The van der Waals surface area contributed by atoms with Crippen LogP contribution in [0.15, 0.2) is 12.2 Å². The fourth-order valence-electron chi connectivity index (χ4n) is 1.03. The summed E-state index contributed by atoms with van der Waals surface area (Å²) in [6.45, 7) is 8.46. The van der Waals surface area contributed by atoms with Gasteiger partial charge >= 0.3 is 0 Å². The molecule has 0 unspecified atom stereocenters. The van der Waals surface area contributed by atoms with Crippen LogP contribution in [0, 0.1) is 17.8 Å². The molecule has 90 valence electrons. The van der Waals surface area contributed by atoms with Gasteiger partial charge in [0.2, 0.25) is 5.91 Å². The van der Waals surface area contributed by atoms with E-state index >= 15 is 0 Å². The van der Waals surface area contributed by atoms with Gasteiger partial charge in [-0.1, -0.05) is 32.8 Å². The Bertz CT molecular complexity index is 281. The fourth-order valence-corrected chi connectivity index (χ4v) is 1.03. The van der Waals surface area contributed by atoms with Crippen molar-refractivity contribution in [3.05, 3.63) is 12.2 Å². The average Bonchev–Trinajstić information content (AvgIpc) is 2.15. The summed E-state index contributed by atoms with van der Waals surface area (Å²) in [5, 5.41) is 3.25. The van der Waals surface area contributed by atoms with Gasteiger partial charge in [0.15, 0.2) is 0 Å². The summed E-state index contributed by atoms with van der Waals surface area (Å²) in [7, 11) is 1.69. The second-order valence-corrected chi connectivity index (χ2v) is 4.99. The molecule has 0 fully saturated rings. The van der Waals surface area contributed by atoms with E-state index in [1.807, 2.05) is 6.08 Å². The van der Waals surface area contributed by atoms with Crippen molar-refractivity contribution in [3.8, 4) is 12.3 Å². The van der Waals surface area contributed by atoms with Crippen molar-refractivity contribution >= 4 is 5.91 Å². The van der Waals surface area contributed by atoms with Crippen LogP contribution in [0.2, 0.25) is 0 Å². The average molecular weight is 222 g/mol. The molecular formula is C13H22N2O. The molecule has 0 aromatic heterocycles. The van der Waals surface area contributed by atoms with Crippen molar-refractivity contribution in [1.29, 1.82) is 0 Å². The number of hydrogen-bond donors (Lipinski definition) is 1. The summed E-state index contributed by atoms with van der Waals surface area (Å²) in [5.41, 5.74) is 0.262. The second kappa shape index (κ2) is 7.08. The molecule has 0 aliphatic rings. The molecule has 0 spiro atoms. The molecule has 0 aromatic rings. The summed E-state index contributed by atoms with van der Waals surface area (Å²) in [5.74, 6) is 2.37. The molecule has 0 saturated carbocycles. The van der Waals surface area contributed by atoms with E-state index in [0.29, 0.717) is 13.1 Å². The Hall–Kier alpha value is -1.27. The van der Waals surface area contributed by atoms with E-state index in [9.17, 15) is 4.79 Å². The number of terminal acetylenes is 1. The zero-order valence-corrected chi connectivity index (χ0v) is 10.7. The number of hydrogen-bond acceptors (Lipinski definition) is 2. The summed E-state index contributed by atoms with van der Waals surface area (Å²) in [6.07, 6.45) is 8.48. The third kappa shape index (κ3) is 8.07. The minimum atomic E-state index is -0.0597. The normalized spacial score (nSPS) is 11.4. The van der Waals surface area contributed by atoms with E-state index in [0.717, 1.165) is 6.54 Å². The molecule has 0 aliphatic carbocycles. The molecule has 0 atom stereocenters. The van der Waals surface area contributed by atoms with E-state index in [-0.39, 0.29) is 11.3 Å². The molecule has 3 nitrogen and oxygen atoms in total. The Morgan fingerprint density at radius 2 is 2.12 bits per heavy atom. The Morgan fingerprint density at radius 3 is 2.62 bits per heavy atom. The van der Waals surface area contributed by atoms with E-state index < -0.39 is 0 Å². The third-order valence-electron chi connectivity index (χ3n) is 1.88. The lowest BCUT2D eigenvalue weighted by atomic mass is 9.97. The summed E-state index contributed by atoms with van der Waals surface area (Å²) < 4.78 is 0. The first-order chi connectivity index (χ1) is 7.37. The number of carbonyl (C=O) groups is 1. The molecule has 0 aromatic carbocycles. The van der Waals surface area contributed by atoms with Crippen LogP contribution in [-0.4, -0.2) is 37.5 Å². The Kier molecular flexibility index (Phi) is 6.52. The van der Waals surface area contributed by atoms with E-state index in [1.165, 1.54) is 4.90 Å². The van der Waals surface area contributed by atoms with Crippen LogP contribution in [0.5, 0.6) is 0 Å². The summed E-state index contributed by atoms with van der Waals surface area (Å²) >= 11 is 0. The van der Waals surface area contributed by atoms with Gasteiger partial charge < -0.3 is 10.2 Å². The molecule has 0 saturated heterocycles. The van der Waals surface area contributed by atoms with Gasteiger partial charge in [0.05, 0.1) is 6.54 Å². The number of likely N-dealkylation sites (N-methyl/N-ethyl adjacent to an activating group) is 1. The molecule has 16 heavy (non-hydrogen) atoms. The van der Waals surface area contributed by atoms with Gasteiger partial charge in [0.1, 0.15) is 0 Å². The van der Waals surface area contributed by atoms with Crippen molar-refractivity contribution in [2.24, 2.45) is 5.41 Å². The highest BCUT2D eigenvalue weighted by Crippen LogP contribution is 2.09. The molecule has 1 amide bonds. The third-order valence-corrected chi connectivity index (χ3v) is 1.88. The molecule has 0 radical (unpaired) electrons. The van der Waals surface area contributed by atoms with Gasteiger partial charge in [-0.3, -0.25) is 4.79 Å². The van der Waals surface area contributed by atoms with E-state index in [1.54, 1.807) is 13.1 Å². The quantitative estimate of drug-likeness (QED) is 0.431. The van der Waals surface area contributed by atoms with Gasteiger partial charge in [-0.05, 0) is 5.41 Å². The zero-order valence-electron chi connectivity index (χ0n) is 10.7. The number of rotatable bonds is 5. The minimum Gasteiger partial charge on any atom is -0.331 e. The van der Waals surface area contributed by atoms with E-state index in [2.05, 4.69) is 32.0 Å². The molecular weight excluding hydrogens is 200 g/mol. The number of amides is 1. The topological polar surface area (TPSA) is 32.3 Å². The number of carbonyl (C=O) groups excluding carboxylic acids is 1. The van der Waals surface area contributed by atoms with Gasteiger partial charge in [-0.2, -0.15) is 0 Å². The van der Waals surface area contributed by atoms with Crippen molar-refractivity contribution < 1.29 is 4.79 Å². The standard InChI is InChI=1S/C13H22N2O/c1-6-10-15(5)12(16)8-7-9-14-11-13(2,3)4/h1,7-8,14H,9-11H2,2-5H3/b8-7+. The smallest absolute Gasteiger partial charge is 0.246 e. The van der Waals surface area contributed by atoms with Crippen molar-refractivity contribution in [2.45, 2.75) is 20.8 Å². The lowest BCUT2D eigenvalue weighted by Gasteiger charge is -2.17. The van der Waals surface area contributed by atoms with Gasteiger partial charge in [-0.25, -0.2) is 0 Å². The largest absolute Gasteiger partial charge is 0.331 e. The SMILES string of the molecule is C#CCN(C)C(=O)/C=C/CNCC(C)(C)C. The Labute approximate surface area is 98.9 Å². The van der Waals surface area contributed by atoms with Crippen LogP contribution in [0.1, 0.15) is 20.8 Å². The van der Waals surface area contributed by atoms with Crippen LogP contribution < -0.4 is 5.32 Å². The fraction of sp³-hybridized carbons (Fsp3) is 0.615. The first-order valence-electron chi connectivity index (χ1n) is 5.42. The highest BCUT2D eigenvalue weighted by atomic mass is 16.2. The monoisotopic (exact) mass is 222 g/mol. The zero-order chi connectivity index (χ0) is 12.6.